The molecule has 1 fully saturated rings. The van der Waals surface area contributed by atoms with Gasteiger partial charge in [0.25, 0.3) is 0 Å². The highest BCUT2D eigenvalue weighted by molar-refractivity contribution is 5.73. The Bertz CT molecular complexity index is 470. The number of nitrogens with one attached hydrogen (secondary N) is 1. The van der Waals surface area contributed by atoms with Crippen molar-refractivity contribution in [3.63, 3.8) is 0 Å². The summed E-state index contributed by atoms with van der Waals surface area (Å²) in [5.41, 5.74) is 1.07. The standard InChI is InChI=1S/C18H28N2O2/c1-20(14-16-9-5-11-17(13-16)22-2)18(21)19-12-6-10-15-7-3-4-8-15/h5,9,11,13,15H,3-4,6-8,10,12,14H2,1-2H3,(H,19,21). The zero-order valence-corrected chi connectivity index (χ0v) is 13.8. The average Bonchev–Trinajstić information content (AvgIpc) is 3.04. The fraction of sp³-hybridized carbons (Fsp3) is 0.611. The van der Waals surface area contributed by atoms with E-state index in [1.54, 1.807) is 12.0 Å². The van der Waals surface area contributed by atoms with Gasteiger partial charge in [-0.15, -0.1) is 0 Å². The van der Waals surface area contributed by atoms with Crippen LogP contribution in [-0.2, 0) is 6.54 Å². The number of carbonyl (C=O) groups excluding carboxylic acids is 1. The monoisotopic (exact) mass is 304 g/mol. The molecule has 0 spiro atoms. The first-order valence-electron chi connectivity index (χ1n) is 8.31. The zero-order valence-electron chi connectivity index (χ0n) is 13.8. The molecule has 1 aromatic carbocycles. The molecular weight excluding hydrogens is 276 g/mol. The molecular formula is C18H28N2O2. The van der Waals surface area contributed by atoms with Crippen molar-refractivity contribution in [1.82, 2.24) is 10.2 Å². The van der Waals surface area contributed by atoms with E-state index >= 15 is 0 Å². The van der Waals surface area contributed by atoms with Gasteiger partial charge in [-0.2, -0.15) is 0 Å². The lowest BCUT2D eigenvalue weighted by Gasteiger charge is -2.18. The van der Waals surface area contributed by atoms with Gasteiger partial charge in [0.15, 0.2) is 0 Å². The van der Waals surface area contributed by atoms with Crippen LogP contribution in [0.5, 0.6) is 5.75 Å². The molecule has 1 aromatic rings. The molecule has 4 nitrogen and oxygen atoms in total. The lowest BCUT2D eigenvalue weighted by atomic mass is 10.0. The summed E-state index contributed by atoms with van der Waals surface area (Å²) in [5.74, 6) is 1.72. The van der Waals surface area contributed by atoms with E-state index in [0.29, 0.717) is 6.54 Å². The Hall–Kier alpha value is -1.71. The number of rotatable bonds is 7. The molecule has 0 saturated heterocycles. The van der Waals surface area contributed by atoms with E-state index in [2.05, 4.69) is 5.32 Å². The van der Waals surface area contributed by atoms with E-state index in [1.807, 2.05) is 31.3 Å². The SMILES string of the molecule is COc1cccc(CN(C)C(=O)NCCCC2CCCC2)c1. The number of hydrogen-bond acceptors (Lipinski definition) is 2. The van der Waals surface area contributed by atoms with Crippen LogP contribution in [0.25, 0.3) is 0 Å². The highest BCUT2D eigenvalue weighted by atomic mass is 16.5. The number of amides is 2. The Morgan fingerprint density at radius 3 is 2.86 bits per heavy atom. The molecule has 0 aliphatic heterocycles. The Labute approximate surface area is 133 Å². The van der Waals surface area contributed by atoms with Crippen molar-refractivity contribution in [1.29, 1.82) is 0 Å². The topological polar surface area (TPSA) is 41.6 Å². The molecule has 1 aliphatic rings. The lowest BCUT2D eigenvalue weighted by molar-refractivity contribution is 0.206. The summed E-state index contributed by atoms with van der Waals surface area (Å²) in [6.45, 7) is 1.36. The highest BCUT2D eigenvalue weighted by Gasteiger charge is 2.14. The summed E-state index contributed by atoms with van der Waals surface area (Å²) >= 11 is 0. The molecule has 1 aliphatic carbocycles. The molecule has 0 radical (unpaired) electrons. The molecule has 1 N–H and O–H groups in total. The van der Waals surface area contributed by atoms with Gasteiger partial charge in [0.05, 0.1) is 7.11 Å². The third-order valence-corrected chi connectivity index (χ3v) is 4.44. The van der Waals surface area contributed by atoms with Crippen molar-refractivity contribution in [2.45, 2.75) is 45.1 Å². The number of carbonyl (C=O) groups is 1. The van der Waals surface area contributed by atoms with Gasteiger partial charge in [0.1, 0.15) is 5.75 Å². The van der Waals surface area contributed by atoms with Crippen LogP contribution >= 0.6 is 0 Å². The number of nitrogens with zero attached hydrogens (tertiary/aromatic N) is 1. The summed E-state index contributed by atoms with van der Waals surface area (Å²) < 4.78 is 5.21. The van der Waals surface area contributed by atoms with Gasteiger partial charge in [-0.1, -0.05) is 37.8 Å². The maximum absolute atomic E-state index is 12.1. The summed E-state index contributed by atoms with van der Waals surface area (Å²) in [4.78, 5) is 13.8. The van der Waals surface area contributed by atoms with Crippen LogP contribution in [0.4, 0.5) is 4.79 Å². The van der Waals surface area contributed by atoms with Crippen LogP contribution in [0.1, 0.15) is 44.1 Å². The Kier molecular flexibility index (Phi) is 6.56. The van der Waals surface area contributed by atoms with Crippen molar-refractivity contribution in [2.75, 3.05) is 20.7 Å². The highest BCUT2D eigenvalue weighted by Crippen LogP contribution is 2.28. The minimum absolute atomic E-state index is 0.00533. The number of urea groups is 1. The fourth-order valence-electron chi connectivity index (χ4n) is 3.14. The minimum atomic E-state index is -0.00533. The molecule has 0 bridgehead atoms. The molecule has 2 rings (SSSR count). The van der Waals surface area contributed by atoms with Gasteiger partial charge in [0.2, 0.25) is 0 Å². The van der Waals surface area contributed by atoms with Gasteiger partial charge >= 0.3 is 6.03 Å². The van der Waals surface area contributed by atoms with Crippen LogP contribution in [0, 0.1) is 5.92 Å². The van der Waals surface area contributed by atoms with Gasteiger partial charge in [-0.05, 0) is 36.5 Å². The van der Waals surface area contributed by atoms with Crippen LogP contribution in [0.2, 0.25) is 0 Å². The van der Waals surface area contributed by atoms with Crippen molar-refractivity contribution in [3.05, 3.63) is 29.8 Å². The number of methoxy groups -OCH3 is 1. The fourth-order valence-corrected chi connectivity index (χ4v) is 3.14. The molecule has 2 amide bonds. The Morgan fingerprint density at radius 2 is 2.14 bits per heavy atom. The summed E-state index contributed by atoms with van der Waals surface area (Å²) in [6.07, 6.45) is 7.87. The molecule has 22 heavy (non-hydrogen) atoms. The van der Waals surface area contributed by atoms with E-state index in [4.69, 9.17) is 4.74 Å². The van der Waals surface area contributed by atoms with Crippen molar-refractivity contribution in [3.8, 4) is 5.75 Å². The average molecular weight is 304 g/mol. The number of benzene rings is 1. The first kappa shape index (κ1) is 16.7. The maximum Gasteiger partial charge on any atom is 0.317 e. The molecule has 0 aromatic heterocycles. The first-order valence-corrected chi connectivity index (χ1v) is 8.31. The van der Waals surface area contributed by atoms with Gasteiger partial charge < -0.3 is 15.0 Å². The second-order valence-electron chi connectivity index (χ2n) is 6.23. The molecule has 0 unspecified atom stereocenters. The van der Waals surface area contributed by atoms with Gasteiger partial charge in [0, 0.05) is 20.1 Å². The first-order chi connectivity index (χ1) is 10.7. The molecule has 0 heterocycles. The smallest absolute Gasteiger partial charge is 0.317 e. The van der Waals surface area contributed by atoms with E-state index in [0.717, 1.165) is 30.2 Å². The summed E-state index contributed by atoms with van der Waals surface area (Å²) in [5, 5.41) is 3.01. The third kappa shape index (κ3) is 5.24. The Morgan fingerprint density at radius 1 is 1.36 bits per heavy atom. The number of hydrogen-bond donors (Lipinski definition) is 1. The maximum atomic E-state index is 12.1. The van der Waals surface area contributed by atoms with E-state index < -0.39 is 0 Å². The van der Waals surface area contributed by atoms with Crippen LogP contribution in [0.3, 0.4) is 0 Å². The van der Waals surface area contributed by atoms with E-state index in [-0.39, 0.29) is 6.03 Å². The molecule has 122 valence electrons. The van der Waals surface area contributed by atoms with Crippen LogP contribution in [-0.4, -0.2) is 31.6 Å². The second kappa shape index (κ2) is 8.66. The zero-order chi connectivity index (χ0) is 15.8. The second-order valence-corrected chi connectivity index (χ2v) is 6.23. The normalized spacial score (nSPS) is 14.8. The van der Waals surface area contributed by atoms with E-state index in [9.17, 15) is 4.79 Å². The van der Waals surface area contributed by atoms with Crippen molar-refractivity contribution in [2.24, 2.45) is 5.92 Å². The summed E-state index contributed by atoms with van der Waals surface area (Å²) in [7, 11) is 3.48. The third-order valence-electron chi connectivity index (χ3n) is 4.44. The lowest BCUT2D eigenvalue weighted by Crippen LogP contribution is -2.37. The van der Waals surface area contributed by atoms with Crippen molar-refractivity contribution >= 4 is 6.03 Å². The van der Waals surface area contributed by atoms with Crippen LogP contribution in [0.15, 0.2) is 24.3 Å². The summed E-state index contributed by atoms with van der Waals surface area (Å²) in [6, 6.07) is 7.82. The van der Waals surface area contributed by atoms with Gasteiger partial charge in [-0.25, -0.2) is 4.79 Å². The minimum Gasteiger partial charge on any atom is -0.497 e. The largest absolute Gasteiger partial charge is 0.497 e. The van der Waals surface area contributed by atoms with Gasteiger partial charge in [-0.3, -0.25) is 0 Å². The Balaban J connectivity index is 1.67. The van der Waals surface area contributed by atoms with Crippen molar-refractivity contribution < 1.29 is 9.53 Å². The molecule has 0 atom stereocenters. The van der Waals surface area contributed by atoms with E-state index in [1.165, 1.54) is 32.1 Å². The molecule has 4 heteroatoms. The quantitative estimate of drug-likeness (QED) is 0.778. The predicted molar refractivity (Wildman–Crippen MR) is 89.1 cm³/mol. The van der Waals surface area contributed by atoms with Crippen LogP contribution < -0.4 is 10.1 Å². The molecule has 1 saturated carbocycles. The predicted octanol–water partition coefficient (Wildman–Crippen LogP) is 3.81. The number of ether oxygens (including phenoxy) is 1.